The first-order chi connectivity index (χ1) is 8.77. The molecule has 0 fully saturated rings. The maximum Gasteiger partial charge on any atom is 0.274 e. The molecule has 96 valence electrons. The number of nitrogens with one attached hydrogen (secondary N) is 1. The van der Waals surface area contributed by atoms with Gasteiger partial charge in [-0.25, -0.2) is 0 Å². The molecule has 0 radical (unpaired) electrons. The number of aryl methyl sites for hydroxylation is 2. The summed E-state index contributed by atoms with van der Waals surface area (Å²) in [6.07, 6.45) is 2.91. The zero-order valence-corrected chi connectivity index (χ0v) is 11.1. The van der Waals surface area contributed by atoms with E-state index in [0.717, 1.165) is 42.6 Å². The summed E-state index contributed by atoms with van der Waals surface area (Å²) in [7, 11) is 0. The summed E-state index contributed by atoms with van der Waals surface area (Å²) in [5.74, 6) is 0. The van der Waals surface area contributed by atoms with E-state index < -0.39 is 0 Å². The summed E-state index contributed by atoms with van der Waals surface area (Å²) >= 11 is 0. The molecule has 3 nitrogen and oxygen atoms in total. The summed E-state index contributed by atoms with van der Waals surface area (Å²) < 4.78 is 1.73. The molecule has 18 heavy (non-hydrogen) atoms. The fourth-order valence-corrected chi connectivity index (χ4v) is 2.25. The molecule has 0 unspecified atom stereocenters. The van der Waals surface area contributed by atoms with Gasteiger partial charge in [-0.1, -0.05) is 50.6 Å². The standard InChI is InChI=1S/C15H20N2O/c1-3-8-13-14(12-9-6-5-7-10-12)15(18)17(16-13)11-4-2/h5-7,9-10,16H,3-4,8,11H2,1-2H3. The second-order valence-electron chi connectivity index (χ2n) is 4.54. The van der Waals surface area contributed by atoms with Crippen molar-refractivity contribution in [3.8, 4) is 11.1 Å². The van der Waals surface area contributed by atoms with E-state index in [4.69, 9.17) is 0 Å². The van der Waals surface area contributed by atoms with Crippen molar-refractivity contribution in [2.24, 2.45) is 0 Å². The number of aromatic nitrogens is 2. The molecule has 1 aromatic heterocycles. The Hall–Kier alpha value is -1.77. The first-order valence-corrected chi connectivity index (χ1v) is 6.65. The molecule has 1 aromatic carbocycles. The lowest BCUT2D eigenvalue weighted by molar-refractivity contribution is 0.577. The van der Waals surface area contributed by atoms with E-state index in [1.165, 1.54) is 0 Å². The predicted molar refractivity (Wildman–Crippen MR) is 74.8 cm³/mol. The third-order valence-corrected chi connectivity index (χ3v) is 3.04. The van der Waals surface area contributed by atoms with E-state index in [0.29, 0.717) is 0 Å². The van der Waals surface area contributed by atoms with Crippen molar-refractivity contribution in [2.45, 2.75) is 39.7 Å². The SMILES string of the molecule is CCCc1[nH]n(CCC)c(=O)c1-c1ccccc1. The van der Waals surface area contributed by atoms with Crippen LogP contribution in [0.4, 0.5) is 0 Å². The first kappa shape index (κ1) is 12.7. The molecule has 0 aliphatic heterocycles. The Bertz CT molecular complexity index is 552. The highest BCUT2D eigenvalue weighted by Gasteiger charge is 2.14. The zero-order chi connectivity index (χ0) is 13.0. The van der Waals surface area contributed by atoms with Crippen molar-refractivity contribution in [2.75, 3.05) is 0 Å². The number of aromatic amines is 1. The molecular weight excluding hydrogens is 224 g/mol. The lowest BCUT2D eigenvalue weighted by Crippen LogP contribution is -2.17. The predicted octanol–water partition coefficient (Wildman–Crippen LogP) is 3.21. The normalized spacial score (nSPS) is 10.8. The van der Waals surface area contributed by atoms with Crippen LogP contribution in [0.2, 0.25) is 0 Å². The summed E-state index contributed by atoms with van der Waals surface area (Å²) in [6, 6.07) is 9.92. The third kappa shape index (κ3) is 2.40. The van der Waals surface area contributed by atoms with Crippen LogP contribution in [0.15, 0.2) is 35.1 Å². The molecule has 0 spiro atoms. The molecule has 0 amide bonds. The van der Waals surface area contributed by atoms with Gasteiger partial charge in [0.25, 0.3) is 5.56 Å². The van der Waals surface area contributed by atoms with Crippen LogP contribution in [0.1, 0.15) is 32.4 Å². The Morgan fingerprint density at radius 1 is 1.11 bits per heavy atom. The van der Waals surface area contributed by atoms with Gasteiger partial charge in [0.1, 0.15) is 0 Å². The number of H-pyrrole nitrogens is 1. The van der Waals surface area contributed by atoms with Crippen LogP contribution in [0.25, 0.3) is 11.1 Å². The molecule has 0 saturated heterocycles. The van der Waals surface area contributed by atoms with Crippen LogP contribution >= 0.6 is 0 Å². The number of rotatable bonds is 5. The minimum absolute atomic E-state index is 0.103. The van der Waals surface area contributed by atoms with Crippen LogP contribution in [-0.2, 0) is 13.0 Å². The van der Waals surface area contributed by atoms with Crippen LogP contribution < -0.4 is 5.56 Å². The van der Waals surface area contributed by atoms with Crippen molar-refractivity contribution < 1.29 is 0 Å². The maximum atomic E-state index is 12.4. The second kappa shape index (κ2) is 5.71. The van der Waals surface area contributed by atoms with Crippen molar-refractivity contribution in [3.05, 3.63) is 46.4 Å². The Balaban J connectivity index is 2.53. The molecule has 2 rings (SSSR count). The average Bonchev–Trinajstić information content (AvgIpc) is 2.68. The van der Waals surface area contributed by atoms with Crippen molar-refractivity contribution in [3.63, 3.8) is 0 Å². The fraction of sp³-hybridized carbons (Fsp3) is 0.400. The van der Waals surface area contributed by atoms with Crippen LogP contribution in [0, 0.1) is 0 Å². The largest absolute Gasteiger partial charge is 0.299 e. The summed E-state index contributed by atoms with van der Waals surface area (Å²) in [5.41, 5.74) is 3.01. The number of hydrogen-bond acceptors (Lipinski definition) is 1. The summed E-state index contributed by atoms with van der Waals surface area (Å²) in [4.78, 5) is 12.4. The highest BCUT2D eigenvalue weighted by Crippen LogP contribution is 2.19. The number of nitrogens with zero attached hydrogens (tertiary/aromatic N) is 1. The van der Waals surface area contributed by atoms with Crippen LogP contribution in [0.5, 0.6) is 0 Å². The quantitative estimate of drug-likeness (QED) is 0.861. The molecule has 0 saturated carbocycles. The van der Waals surface area contributed by atoms with Gasteiger partial charge >= 0.3 is 0 Å². The Kier molecular flexibility index (Phi) is 4.03. The van der Waals surface area contributed by atoms with Gasteiger partial charge in [-0.2, -0.15) is 0 Å². The van der Waals surface area contributed by atoms with Gasteiger partial charge in [-0.05, 0) is 18.4 Å². The molecule has 0 bridgehead atoms. The molecule has 1 N–H and O–H groups in total. The third-order valence-electron chi connectivity index (χ3n) is 3.04. The van der Waals surface area contributed by atoms with Gasteiger partial charge in [0.15, 0.2) is 0 Å². The summed E-state index contributed by atoms with van der Waals surface area (Å²) in [6.45, 7) is 4.96. The Morgan fingerprint density at radius 3 is 2.44 bits per heavy atom. The van der Waals surface area contributed by atoms with Gasteiger partial charge in [-0.3, -0.25) is 14.6 Å². The Labute approximate surface area is 107 Å². The van der Waals surface area contributed by atoms with Gasteiger partial charge in [0.2, 0.25) is 0 Å². The maximum absolute atomic E-state index is 12.4. The molecule has 2 aromatic rings. The van der Waals surface area contributed by atoms with E-state index >= 15 is 0 Å². The van der Waals surface area contributed by atoms with Crippen LogP contribution in [-0.4, -0.2) is 9.78 Å². The van der Waals surface area contributed by atoms with Crippen molar-refractivity contribution in [1.29, 1.82) is 0 Å². The smallest absolute Gasteiger partial charge is 0.274 e. The molecule has 0 atom stereocenters. The molecule has 0 aliphatic rings. The van der Waals surface area contributed by atoms with E-state index in [-0.39, 0.29) is 5.56 Å². The fourth-order valence-electron chi connectivity index (χ4n) is 2.25. The van der Waals surface area contributed by atoms with E-state index in [1.807, 2.05) is 30.3 Å². The monoisotopic (exact) mass is 244 g/mol. The van der Waals surface area contributed by atoms with E-state index in [1.54, 1.807) is 4.68 Å². The van der Waals surface area contributed by atoms with E-state index in [2.05, 4.69) is 18.9 Å². The topological polar surface area (TPSA) is 37.8 Å². The highest BCUT2D eigenvalue weighted by atomic mass is 16.1. The summed E-state index contributed by atoms with van der Waals surface area (Å²) in [5, 5.41) is 3.25. The molecular formula is C15H20N2O. The first-order valence-electron chi connectivity index (χ1n) is 6.65. The number of hydrogen-bond donors (Lipinski definition) is 1. The molecule has 3 heteroatoms. The molecule has 1 heterocycles. The van der Waals surface area contributed by atoms with Crippen molar-refractivity contribution >= 4 is 0 Å². The van der Waals surface area contributed by atoms with Crippen molar-refractivity contribution in [1.82, 2.24) is 9.78 Å². The van der Waals surface area contributed by atoms with Gasteiger partial charge in [0.05, 0.1) is 5.56 Å². The minimum atomic E-state index is 0.103. The second-order valence-corrected chi connectivity index (χ2v) is 4.54. The highest BCUT2D eigenvalue weighted by molar-refractivity contribution is 5.65. The zero-order valence-electron chi connectivity index (χ0n) is 11.1. The molecule has 0 aliphatic carbocycles. The van der Waals surface area contributed by atoms with Gasteiger partial charge < -0.3 is 0 Å². The number of benzene rings is 1. The lowest BCUT2D eigenvalue weighted by Gasteiger charge is -2.00. The van der Waals surface area contributed by atoms with Gasteiger partial charge in [0, 0.05) is 12.2 Å². The Morgan fingerprint density at radius 2 is 1.83 bits per heavy atom. The lowest BCUT2D eigenvalue weighted by atomic mass is 10.0. The van der Waals surface area contributed by atoms with Crippen LogP contribution in [0.3, 0.4) is 0 Å². The average molecular weight is 244 g/mol. The minimum Gasteiger partial charge on any atom is -0.299 e. The van der Waals surface area contributed by atoms with E-state index in [9.17, 15) is 4.79 Å². The van der Waals surface area contributed by atoms with Gasteiger partial charge in [-0.15, -0.1) is 0 Å².